The molecule has 0 aliphatic heterocycles. The Labute approximate surface area is 116 Å². The summed E-state index contributed by atoms with van der Waals surface area (Å²) in [6, 6.07) is 16.9. The first kappa shape index (κ1) is 14.0. The summed E-state index contributed by atoms with van der Waals surface area (Å²) in [4.78, 5) is 22.5. The highest BCUT2D eigenvalue weighted by Gasteiger charge is 2.31. The van der Waals surface area contributed by atoms with Gasteiger partial charge in [0.1, 0.15) is 11.5 Å². The third-order valence-electron chi connectivity index (χ3n) is 2.21. The summed E-state index contributed by atoms with van der Waals surface area (Å²) in [6.07, 6.45) is 0. The fraction of sp³-hybridized carbons (Fsp3) is 0. The Kier molecular flexibility index (Phi) is 4.69. The SMILES string of the molecule is O=C(O)C(=O)P(Oc1ccccc1)Oc1ccccc1. The van der Waals surface area contributed by atoms with E-state index < -0.39 is 19.9 Å². The molecule has 0 heterocycles. The molecule has 0 aliphatic carbocycles. The van der Waals surface area contributed by atoms with Crippen LogP contribution >= 0.6 is 8.38 Å². The van der Waals surface area contributed by atoms with E-state index in [1.807, 2.05) is 0 Å². The molecular formula is C14H11O5P. The average molecular weight is 290 g/mol. The summed E-state index contributed by atoms with van der Waals surface area (Å²) < 4.78 is 10.7. The van der Waals surface area contributed by atoms with Crippen LogP contribution in [0.5, 0.6) is 11.5 Å². The van der Waals surface area contributed by atoms with E-state index in [0.29, 0.717) is 11.5 Å². The van der Waals surface area contributed by atoms with E-state index in [2.05, 4.69) is 0 Å². The molecule has 0 spiro atoms. The van der Waals surface area contributed by atoms with Gasteiger partial charge in [0.25, 0.3) is 0 Å². The van der Waals surface area contributed by atoms with Crippen molar-refractivity contribution in [2.24, 2.45) is 0 Å². The maximum Gasteiger partial charge on any atom is 0.384 e. The maximum absolute atomic E-state index is 11.6. The molecule has 2 aromatic rings. The van der Waals surface area contributed by atoms with Gasteiger partial charge in [0.05, 0.1) is 0 Å². The normalized spacial score (nSPS) is 10.1. The van der Waals surface area contributed by atoms with Gasteiger partial charge in [-0.25, -0.2) is 4.79 Å². The lowest BCUT2D eigenvalue weighted by Gasteiger charge is -2.15. The van der Waals surface area contributed by atoms with E-state index in [4.69, 9.17) is 14.2 Å². The molecule has 0 unspecified atom stereocenters. The molecule has 1 N–H and O–H groups in total. The lowest BCUT2D eigenvalue weighted by molar-refractivity contribution is -0.145. The number of carboxylic acid groups (broad SMARTS) is 1. The van der Waals surface area contributed by atoms with Crippen LogP contribution < -0.4 is 9.05 Å². The molecule has 0 saturated heterocycles. The van der Waals surface area contributed by atoms with Gasteiger partial charge in [0, 0.05) is 0 Å². The van der Waals surface area contributed by atoms with Crippen LogP contribution in [-0.4, -0.2) is 16.6 Å². The zero-order valence-electron chi connectivity index (χ0n) is 10.3. The Morgan fingerprint density at radius 2 is 1.20 bits per heavy atom. The van der Waals surface area contributed by atoms with Crippen molar-refractivity contribution in [1.82, 2.24) is 0 Å². The Morgan fingerprint density at radius 3 is 1.55 bits per heavy atom. The van der Waals surface area contributed by atoms with Crippen molar-refractivity contribution in [3.63, 3.8) is 0 Å². The van der Waals surface area contributed by atoms with Crippen LogP contribution in [0.25, 0.3) is 0 Å². The molecule has 0 aliphatic rings. The van der Waals surface area contributed by atoms with E-state index in [1.54, 1.807) is 60.7 Å². The van der Waals surface area contributed by atoms with Crippen molar-refractivity contribution in [2.75, 3.05) is 0 Å². The number of hydrogen-bond acceptors (Lipinski definition) is 4. The van der Waals surface area contributed by atoms with E-state index in [0.717, 1.165) is 0 Å². The van der Waals surface area contributed by atoms with E-state index in [1.165, 1.54) is 0 Å². The zero-order chi connectivity index (χ0) is 14.4. The third-order valence-corrected chi connectivity index (χ3v) is 3.49. The second kappa shape index (κ2) is 6.68. The summed E-state index contributed by atoms with van der Waals surface area (Å²) in [5, 5.41) is 8.82. The van der Waals surface area contributed by atoms with Gasteiger partial charge in [-0.15, -0.1) is 0 Å². The predicted molar refractivity (Wildman–Crippen MR) is 73.7 cm³/mol. The number of rotatable bonds is 6. The second-order valence-electron chi connectivity index (χ2n) is 3.68. The minimum absolute atomic E-state index is 0.379. The minimum atomic E-state index is -2.25. The van der Waals surface area contributed by atoms with Gasteiger partial charge in [-0.2, -0.15) is 0 Å². The lowest BCUT2D eigenvalue weighted by Crippen LogP contribution is -2.15. The Bertz CT molecular complexity index is 544. The number of carboxylic acids is 1. The van der Waals surface area contributed by atoms with Gasteiger partial charge in [-0.05, 0) is 24.3 Å². The van der Waals surface area contributed by atoms with E-state index >= 15 is 0 Å². The van der Waals surface area contributed by atoms with Crippen molar-refractivity contribution in [1.29, 1.82) is 0 Å². The molecule has 0 saturated carbocycles. The quantitative estimate of drug-likeness (QED) is 0.653. The van der Waals surface area contributed by atoms with Gasteiger partial charge in [0.15, 0.2) is 0 Å². The Morgan fingerprint density at radius 1 is 0.800 bits per heavy atom. The van der Waals surface area contributed by atoms with Crippen molar-refractivity contribution in [2.45, 2.75) is 0 Å². The number of aliphatic carboxylic acids is 1. The topological polar surface area (TPSA) is 72.8 Å². The monoisotopic (exact) mass is 290 g/mol. The molecule has 102 valence electrons. The Balaban J connectivity index is 2.17. The smallest absolute Gasteiger partial charge is 0.384 e. The summed E-state index contributed by atoms with van der Waals surface area (Å²) in [6.45, 7) is 0. The zero-order valence-corrected chi connectivity index (χ0v) is 11.2. The first-order chi connectivity index (χ1) is 9.66. The van der Waals surface area contributed by atoms with Crippen LogP contribution in [0.1, 0.15) is 0 Å². The highest BCUT2D eigenvalue weighted by atomic mass is 31.2. The van der Waals surface area contributed by atoms with Crippen molar-refractivity contribution in [3.05, 3.63) is 60.7 Å². The molecule has 5 nitrogen and oxygen atoms in total. The fourth-order valence-corrected chi connectivity index (χ4v) is 2.32. The molecule has 0 fully saturated rings. The van der Waals surface area contributed by atoms with Crippen molar-refractivity contribution in [3.8, 4) is 11.5 Å². The molecule has 0 atom stereocenters. The number of benzene rings is 2. The average Bonchev–Trinajstić information content (AvgIpc) is 2.48. The Hall–Kier alpha value is -2.39. The van der Waals surface area contributed by atoms with Crippen LogP contribution in [0.4, 0.5) is 0 Å². The number of para-hydroxylation sites is 2. The molecule has 0 bridgehead atoms. The largest absolute Gasteiger partial charge is 0.475 e. The van der Waals surface area contributed by atoms with Gasteiger partial charge >= 0.3 is 19.9 Å². The van der Waals surface area contributed by atoms with Gasteiger partial charge < -0.3 is 14.2 Å². The molecular weight excluding hydrogens is 279 g/mol. The van der Waals surface area contributed by atoms with Crippen LogP contribution in [0.3, 0.4) is 0 Å². The minimum Gasteiger partial charge on any atom is -0.475 e. The van der Waals surface area contributed by atoms with Crippen molar-refractivity contribution >= 4 is 19.9 Å². The molecule has 2 rings (SSSR count). The van der Waals surface area contributed by atoms with E-state index in [-0.39, 0.29) is 0 Å². The third kappa shape index (κ3) is 3.80. The highest BCUT2D eigenvalue weighted by molar-refractivity contribution is 7.69. The number of hydrogen-bond donors (Lipinski definition) is 1. The van der Waals surface area contributed by atoms with E-state index in [9.17, 15) is 9.59 Å². The summed E-state index contributed by atoms with van der Waals surface area (Å²) in [5.41, 5.74) is -1.10. The predicted octanol–water partition coefficient (Wildman–Crippen LogP) is 3.07. The maximum atomic E-state index is 11.6. The van der Waals surface area contributed by atoms with Crippen LogP contribution in [0, 0.1) is 0 Å². The van der Waals surface area contributed by atoms with Crippen LogP contribution in [-0.2, 0) is 9.59 Å². The molecule has 20 heavy (non-hydrogen) atoms. The first-order valence-electron chi connectivity index (χ1n) is 5.70. The second-order valence-corrected chi connectivity index (χ2v) is 4.96. The molecule has 2 aromatic carbocycles. The van der Waals surface area contributed by atoms with Gasteiger partial charge in [0.2, 0.25) is 0 Å². The van der Waals surface area contributed by atoms with Crippen molar-refractivity contribution < 1.29 is 23.7 Å². The molecule has 6 heteroatoms. The lowest BCUT2D eigenvalue weighted by atomic mass is 10.3. The summed E-state index contributed by atoms with van der Waals surface area (Å²) in [5.74, 6) is -0.823. The first-order valence-corrected chi connectivity index (χ1v) is 6.88. The standard InChI is InChI=1S/C14H11O5P/c15-13(16)14(17)20(18-11-7-3-1-4-8-11)19-12-9-5-2-6-10-12/h1-10H,(H,15,16). The van der Waals surface area contributed by atoms with Gasteiger partial charge in [-0.1, -0.05) is 36.4 Å². The number of carbonyl (C=O) groups is 2. The van der Waals surface area contributed by atoms with Gasteiger partial charge in [-0.3, -0.25) is 4.79 Å². The van der Waals surface area contributed by atoms with Crippen LogP contribution in [0.2, 0.25) is 0 Å². The molecule has 0 amide bonds. The fourth-order valence-electron chi connectivity index (χ4n) is 1.33. The molecule has 0 radical (unpaired) electrons. The number of carbonyl (C=O) groups excluding carboxylic acids is 1. The van der Waals surface area contributed by atoms with Crippen LogP contribution in [0.15, 0.2) is 60.7 Å². The summed E-state index contributed by atoms with van der Waals surface area (Å²) >= 11 is 0. The summed E-state index contributed by atoms with van der Waals surface area (Å²) in [7, 11) is -2.25. The highest BCUT2D eigenvalue weighted by Crippen LogP contribution is 2.41. The molecule has 0 aromatic heterocycles.